The fraction of sp³-hybridized carbons (Fsp3) is 0.667. The Kier molecular flexibility index (Phi) is 4.14. The first-order valence-corrected chi connectivity index (χ1v) is 6.27. The summed E-state index contributed by atoms with van der Waals surface area (Å²) in [6.45, 7) is 1.26. The fourth-order valence-corrected chi connectivity index (χ4v) is 2.53. The molecule has 1 aromatic heterocycles. The first-order chi connectivity index (χ1) is 8.31. The van der Waals surface area contributed by atoms with Crippen LogP contribution in [0.4, 0.5) is 0 Å². The van der Waals surface area contributed by atoms with Gasteiger partial charge in [-0.1, -0.05) is 6.42 Å². The molecule has 1 saturated carbocycles. The van der Waals surface area contributed by atoms with Crippen molar-refractivity contribution in [3.8, 4) is 0 Å². The molecular formula is C12H20N4O. The lowest BCUT2D eigenvalue weighted by Gasteiger charge is -2.17. The molecule has 94 valence electrons. The molecule has 1 aliphatic carbocycles. The molecule has 1 aliphatic rings. The Labute approximate surface area is 101 Å². The highest BCUT2D eigenvalue weighted by Crippen LogP contribution is 2.30. The van der Waals surface area contributed by atoms with Gasteiger partial charge in [0.15, 0.2) is 0 Å². The zero-order valence-electron chi connectivity index (χ0n) is 9.98. The summed E-state index contributed by atoms with van der Waals surface area (Å²) in [5.74, 6) is 1.56. The average Bonchev–Trinajstić information content (AvgIpc) is 2.99. The van der Waals surface area contributed by atoms with Crippen molar-refractivity contribution >= 4 is 5.91 Å². The van der Waals surface area contributed by atoms with Crippen molar-refractivity contribution in [2.75, 3.05) is 13.1 Å². The topological polar surface area (TPSA) is 83.8 Å². The maximum atomic E-state index is 11.9. The van der Waals surface area contributed by atoms with Crippen LogP contribution < -0.4 is 11.1 Å². The smallest absolute Gasteiger partial charge is 0.223 e. The lowest BCUT2D eigenvalue weighted by Crippen LogP contribution is -2.36. The van der Waals surface area contributed by atoms with E-state index in [4.69, 9.17) is 5.73 Å². The Morgan fingerprint density at radius 2 is 2.47 bits per heavy atom. The van der Waals surface area contributed by atoms with Gasteiger partial charge in [0.1, 0.15) is 5.82 Å². The number of rotatable bonds is 5. The quantitative estimate of drug-likeness (QED) is 0.693. The van der Waals surface area contributed by atoms with Gasteiger partial charge in [0.25, 0.3) is 0 Å². The second-order valence-electron chi connectivity index (χ2n) is 4.61. The van der Waals surface area contributed by atoms with Crippen molar-refractivity contribution in [2.24, 2.45) is 17.6 Å². The molecule has 17 heavy (non-hydrogen) atoms. The molecular weight excluding hydrogens is 216 g/mol. The van der Waals surface area contributed by atoms with Gasteiger partial charge < -0.3 is 16.0 Å². The first-order valence-electron chi connectivity index (χ1n) is 6.27. The molecule has 0 aromatic carbocycles. The maximum absolute atomic E-state index is 11.9. The number of carbonyl (C=O) groups is 1. The van der Waals surface area contributed by atoms with Crippen molar-refractivity contribution in [3.05, 3.63) is 18.2 Å². The van der Waals surface area contributed by atoms with Gasteiger partial charge in [0, 0.05) is 31.3 Å². The molecule has 0 bridgehead atoms. The van der Waals surface area contributed by atoms with Crippen molar-refractivity contribution in [3.63, 3.8) is 0 Å². The van der Waals surface area contributed by atoms with Gasteiger partial charge in [-0.2, -0.15) is 0 Å². The molecule has 0 radical (unpaired) electrons. The Morgan fingerprint density at radius 1 is 1.59 bits per heavy atom. The molecule has 1 fully saturated rings. The van der Waals surface area contributed by atoms with Crippen molar-refractivity contribution in [1.82, 2.24) is 15.3 Å². The molecule has 2 rings (SSSR count). The van der Waals surface area contributed by atoms with E-state index in [1.807, 2.05) is 0 Å². The molecule has 0 aliphatic heterocycles. The van der Waals surface area contributed by atoms with E-state index in [1.54, 1.807) is 12.4 Å². The summed E-state index contributed by atoms with van der Waals surface area (Å²) in [5.41, 5.74) is 5.67. The largest absolute Gasteiger partial charge is 0.355 e. The SMILES string of the molecule is NC[C@H]1CCC[C@H]1C(=O)NCCc1ncc[nH]1. The van der Waals surface area contributed by atoms with Crippen LogP contribution in [0.1, 0.15) is 25.1 Å². The van der Waals surface area contributed by atoms with Crippen molar-refractivity contribution < 1.29 is 4.79 Å². The molecule has 5 heteroatoms. The zero-order valence-corrected chi connectivity index (χ0v) is 9.98. The molecule has 1 heterocycles. The van der Waals surface area contributed by atoms with Crippen LogP contribution in [0, 0.1) is 11.8 Å². The number of aromatic nitrogens is 2. The highest BCUT2D eigenvalue weighted by molar-refractivity contribution is 5.79. The van der Waals surface area contributed by atoms with Crippen LogP contribution in [0.2, 0.25) is 0 Å². The van der Waals surface area contributed by atoms with Gasteiger partial charge in [0.2, 0.25) is 5.91 Å². The van der Waals surface area contributed by atoms with E-state index in [9.17, 15) is 4.79 Å². The number of nitrogens with zero attached hydrogens (tertiary/aromatic N) is 1. The predicted molar refractivity (Wildman–Crippen MR) is 65.2 cm³/mol. The van der Waals surface area contributed by atoms with Gasteiger partial charge in [-0.25, -0.2) is 4.98 Å². The summed E-state index contributed by atoms with van der Waals surface area (Å²) >= 11 is 0. The summed E-state index contributed by atoms with van der Waals surface area (Å²) in [6.07, 6.45) is 7.45. The Balaban J connectivity index is 1.73. The van der Waals surface area contributed by atoms with E-state index in [2.05, 4.69) is 15.3 Å². The Morgan fingerprint density at radius 3 is 3.18 bits per heavy atom. The number of carbonyl (C=O) groups excluding carboxylic acids is 1. The number of hydrogen-bond donors (Lipinski definition) is 3. The summed E-state index contributed by atoms with van der Waals surface area (Å²) in [4.78, 5) is 19.1. The van der Waals surface area contributed by atoms with Crippen LogP contribution in [0.25, 0.3) is 0 Å². The number of hydrogen-bond acceptors (Lipinski definition) is 3. The Bertz CT molecular complexity index is 349. The third-order valence-electron chi connectivity index (χ3n) is 3.51. The van der Waals surface area contributed by atoms with Crippen LogP contribution in [-0.2, 0) is 11.2 Å². The minimum atomic E-state index is 0.122. The minimum Gasteiger partial charge on any atom is -0.355 e. The highest BCUT2D eigenvalue weighted by atomic mass is 16.1. The number of aromatic amines is 1. The second-order valence-corrected chi connectivity index (χ2v) is 4.61. The number of nitrogens with two attached hydrogens (primary N) is 1. The van der Waals surface area contributed by atoms with E-state index in [1.165, 1.54) is 0 Å². The van der Waals surface area contributed by atoms with Crippen LogP contribution in [-0.4, -0.2) is 29.0 Å². The molecule has 4 N–H and O–H groups in total. The average molecular weight is 236 g/mol. The first kappa shape index (κ1) is 12.1. The maximum Gasteiger partial charge on any atom is 0.223 e. The lowest BCUT2D eigenvalue weighted by atomic mass is 9.95. The van der Waals surface area contributed by atoms with E-state index < -0.39 is 0 Å². The standard InChI is InChI=1S/C12H20N4O/c13-8-9-2-1-3-10(9)12(17)16-5-4-11-14-6-7-15-11/h6-7,9-10H,1-5,8,13H2,(H,14,15)(H,16,17)/t9-,10-/m1/s1. The predicted octanol–water partition coefficient (Wildman–Crippen LogP) is 0.443. The normalized spacial score (nSPS) is 23.8. The lowest BCUT2D eigenvalue weighted by molar-refractivity contribution is -0.125. The number of imidazole rings is 1. The molecule has 0 spiro atoms. The molecule has 1 aromatic rings. The molecule has 0 saturated heterocycles. The van der Waals surface area contributed by atoms with Gasteiger partial charge in [-0.15, -0.1) is 0 Å². The highest BCUT2D eigenvalue weighted by Gasteiger charge is 2.31. The van der Waals surface area contributed by atoms with Gasteiger partial charge in [-0.05, 0) is 25.3 Å². The Hall–Kier alpha value is -1.36. The van der Waals surface area contributed by atoms with Crippen molar-refractivity contribution in [1.29, 1.82) is 0 Å². The zero-order chi connectivity index (χ0) is 12.1. The number of nitrogens with one attached hydrogen (secondary N) is 2. The summed E-state index contributed by atoms with van der Waals surface area (Å²) in [6, 6.07) is 0. The minimum absolute atomic E-state index is 0.122. The fourth-order valence-electron chi connectivity index (χ4n) is 2.53. The van der Waals surface area contributed by atoms with Crippen LogP contribution in [0.15, 0.2) is 12.4 Å². The van der Waals surface area contributed by atoms with Crippen molar-refractivity contribution in [2.45, 2.75) is 25.7 Å². The van der Waals surface area contributed by atoms with E-state index in [-0.39, 0.29) is 11.8 Å². The van der Waals surface area contributed by atoms with Gasteiger partial charge >= 0.3 is 0 Å². The second kappa shape index (κ2) is 5.82. The third kappa shape index (κ3) is 3.06. The monoisotopic (exact) mass is 236 g/mol. The number of H-pyrrole nitrogens is 1. The molecule has 5 nitrogen and oxygen atoms in total. The van der Waals surface area contributed by atoms with Crippen LogP contribution >= 0.6 is 0 Å². The summed E-state index contributed by atoms with van der Waals surface area (Å²) in [5, 5.41) is 2.97. The molecule has 0 unspecified atom stereocenters. The summed E-state index contributed by atoms with van der Waals surface area (Å²) in [7, 11) is 0. The van der Waals surface area contributed by atoms with E-state index >= 15 is 0 Å². The van der Waals surface area contributed by atoms with Crippen LogP contribution in [0.3, 0.4) is 0 Å². The molecule has 1 amide bonds. The third-order valence-corrected chi connectivity index (χ3v) is 3.51. The van der Waals surface area contributed by atoms with Gasteiger partial charge in [-0.3, -0.25) is 4.79 Å². The van der Waals surface area contributed by atoms with E-state index in [0.717, 1.165) is 31.5 Å². The van der Waals surface area contributed by atoms with Crippen LogP contribution in [0.5, 0.6) is 0 Å². The van der Waals surface area contributed by atoms with E-state index in [0.29, 0.717) is 19.0 Å². The summed E-state index contributed by atoms with van der Waals surface area (Å²) < 4.78 is 0. The number of amides is 1. The van der Waals surface area contributed by atoms with Gasteiger partial charge in [0.05, 0.1) is 0 Å². The molecule has 2 atom stereocenters.